The van der Waals surface area contributed by atoms with E-state index in [4.69, 9.17) is 4.74 Å². The summed E-state index contributed by atoms with van der Waals surface area (Å²) in [4.78, 5) is 30.9. The van der Waals surface area contributed by atoms with Crippen molar-refractivity contribution in [3.63, 3.8) is 0 Å². The number of halogens is 1. The fourth-order valence-corrected chi connectivity index (χ4v) is 5.02. The zero-order valence-corrected chi connectivity index (χ0v) is 21.7. The van der Waals surface area contributed by atoms with Crippen LogP contribution in [0.5, 0.6) is 5.75 Å². The molecule has 1 unspecified atom stereocenters. The summed E-state index contributed by atoms with van der Waals surface area (Å²) in [7, 11) is 1.60. The molecule has 0 bridgehead atoms. The Morgan fingerprint density at radius 3 is 2.26 bits per heavy atom. The zero-order valence-electron chi connectivity index (χ0n) is 21.7. The molecule has 0 N–H and O–H groups in total. The number of anilines is 1. The quantitative estimate of drug-likeness (QED) is 0.327. The number of nitrogens with zero attached hydrogens (tertiary/aromatic N) is 3. The van der Waals surface area contributed by atoms with Crippen LogP contribution in [-0.2, 0) is 16.0 Å². The number of fused-ring (bicyclic) bond motifs is 3. The largest absolute Gasteiger partial charge is 0.497 e. The number of amides is 2. The Balaban J connectivity index is 1.49. The first-order chi connectivity index (χ1) is 18.4. The van der Waals surface area contributed by atoms with Crippen LogP contribution >= 0.6 is 0 Å². The van der Waals surface area contributed by atoms with Gasteiger partial charge >= 0.3 is 0 Å². The van der Waals surface area contributed by atoms with Crippen LogP contribution in [0, 0.1) is 5.82 Å². The van der Waals surface area contributed by atoms with Crippen molar-refractivity contribution in [3.05, 3.63) is 114 Å². The lowest BCUT2D eigenvalue weighted by atomic mass is 9.97. The van der Waals surface area contributed by atoms with E-state index < -0.39 is 6.04 Å². The number of methoxy groups -OCH3 is 1. The predicted molar refractivity (Wildman–Crippen MR) is 145 cm³/mol. The Labute approximate surface area is 221 Å². The number of para-hydroxylation sites is 2. The third kappa shape index (κ3) is 4.79. The Hall–Kier alpha value is -4.39. The number of benzene rings is 3. The van der Waals surface area contributed by atoms with Crippen LogP contribution in [-0.4, -0.2) is 41.0 Å². The Morgan fingerprint density at radius 2 is 1.61 bits per heavy atom. The van der Waals surface area contributed by atoms with Crippen molar-refractivity contribution in [2.24, 2.45) is 0 Å². The molecule has 0 saturated carbocycles. The lowest BCUT2D eigenvalue weighted by Crippen LogP contribution is -2.49. The second-order valence-corrected chi connectivity index (χ2v) is 9.65. The maximum absolute atomic E-state index is 14.1. The molecule has 6 nitrogen and oxygen atoms in total. The van der Waals surface area contributed by atoms with Gasteiger partial charge in [-0.05, 0) is 73.5 Å². The first kappa shape index (κ1) is 25.3. The highest BCUT2D eigenvalue weighted by Gasteiger charge is 2.37. The summed E-state index contributed by atoms with van der Waals surface area (Å²) in [5.74, 6) is 0.0345. The number of carbonyl (C=O) groups is 2. The fraction of sp³-hybridized carbons (Fsp3) is 0.226. The molecule has 3 aromatic carbocycles. The van der Waals surface area contributed by atoms with Crippen molar-refractivity contribution < 1.29 is 18.7 Å². The lowest BCUT2D eigenvalue weighted by Gasteiger charge is -2.40. The number of ether oxygens (including phenoxy) is 1. The van der Waals surface area contributed by atoms with Gasteiger partial charge in [0.15, 0.2) is 0 Å². The van der Waals surface area contributed by atoms with E-state index in [2.05, 4.69) is 4.57 Å². The molecule has 0 saturated heterocycles. The third-order valence-corrected chi connectivity index (χ3v) is 6.94. The van der Waals surface area contributed by atoms with Gasteiger partial charge in [0.25, 0.3) is 0 Å². The second kappa shape index (κ2) is 10.5. The standard InChI is InChI=1S/C31H30FN3O3/c1-21(2)34(29(36)19-22-10-16-25(38-3)17-11-22)20-30(37)35-27-8-5-4-7-26(27)33-18-6-9-28(33)31(35)23-12-14-24(32)15-13-23/h4-18,21,31H,19-20H2,1-3H3. The monoisotopic (exact) mass is 511 g/mol. The van der Waals surface area contributed by atoms with E-state index in [1.54, 1.807) is 29.0 Å². The van der Waals surface area contributed by atoms with Crippen molar-refractivity contribution in [3.8, 4) is 11.4 Å². The minimum atomic E-state index is -0.473. The zero-order chi connectivity index (χ0) is 26.8. The number of hydrogen-bond acceptors (Lipinski definition) is 3. The summed E-state index contributed by atoms with van der Waals surface area (Å²) in [6.45, 7) is 3.73. The van der Waals surface area contributed by atoms with Gasteiger partial charge in [0, 0.05) is 12.2 Å². The van der Waals surface area contributed by atoms with Crippen LogP contribution in [0.25, 0.3) is 5.69 Å². The van der Waals surface area contributed by atoms with Gasteiger partial charge in [0.2, 0.25) is 11.8 Å². The van der Waals surface area contributed by atoms with Gasteiger partial charge in [0.05, 0.1) is 30.6 Å². The summed E-state index contributed by atoms with van der Waals surface area (Å²) < 4.78 is 21.1. The number of aromatic nitrogens is 1. The van der Waals surface area contributed by atoms with Crippen molar-refractivity contribution in [1.82, 2.24) is 9.47 Å². The Morgan fingerprint density at radius 1 is 0.921 bits per heavy atom. The van der Waals surface area contributed by atoms with Gasteiger partial charge < -0.3 is 14.2 Å². The van der Waals surface area contributed by atoms with E-state index in [-0.39, 0.29) is 36.6 Å². The van der Waals surface area contributed by atoms with Crippen molar-refractivity contribution in [1.29, 1.82) is 0 Å². The van der Waals surface area contributed by atoms with Crippen LogP contribution in [0.15, 0.2) is 91.1 Å². The molecule has 194 valence electrons. The van der Waals surface area contributed by atoms with E-state index in [0.717, 1.165) is 33.9 Å². The van der Waals surface area contributed by atoms with Gasteiger partial charge in [-0.1, -0.05) is 36.4 Å². The maximum atomic E-state index is 14.1. The molecular formula is C31H30FN3O3. The van der Waals surface area contributed by atoms with Crippen LogP contribution < -0.4 is 9.64 Å². The molecule has 1 aliphatic rings. The van der Waals surface area contributed by atoms with E-state index in [9.17, 15) is 14.0 Å². The summed E-state index contributed by atoms with van der Waals surface area (Å²) in [5.41, 5.74) is 4.14. The van der Waals surface area contributed by atoms with Gasteiger partial charge in [-0.3, -0.25) is 14.5 Å². The van der Waals surface area contributed by atoms with Gasteiger partial charge in [-0.15, -0.1) is 0 Å². The first-order valence-corrected chi connectivity index (χ1v) is 12.6. The fourth-order valence-electron chi connectivity index (χ4n) is 5.02. The highest BCUT2D eigenvalue weighted by molar-refractivity contribution is 6.00. The predicted octanol–water partition coefficient (Wildman–Crippen LogP) is 5.54. The number of hydrogen-bond donors (Lipinski definition) is 0. The molecule has 0 spiro atoms. The smallest absolute Gasteiger partial charge is 0.247 e. The lowest BCUT2D eigenvalue weighted by molar-refractivity contribution is -0.136. The molecule has 0 aliphatic carbocycles. The summed E-state index contributed by atoms with van der Waals surface area (Å²) in [6.07, 6.45) is 2.14. The molecule has 38 heavy (non-hydrogen) atoms. The van der Waals surface area contributed by atoms with Gasteiger partial charge in [-0.25, -0.2) is 4.39 Å². The SMILES string of the molecule is COc1ccc(CC(=O)N(CC(=O)N2c3ccccc3-n3cccc3C2c2ccc(F)cc2)C(C)C)cc1. The minimum absolute atomic E-state index is 0.0839. The van der Waals surface area contributed by atoms with E-state index in [1.165, 1.54) is 12.1 Å². The topological polar surface area (TPSA) is 54.8 Å². The summed E-state index contributed by atoms with van der Waals surface area (Å²) in [5, 5.41) is 0. The molecule has 1 atom stereocenters. The van der Waals surface area contributed by atoms with Crippen LogP contribution in [0.1, 0.15) is 36.7 Å². The highest BCUT2D eigenvalue weighted by Crippen LogP contribution is 2.42. The Bertz CT molecular complexity index is 1440. The minimum Gasteiger partial charge on any atom is -0.497 e. The molecular weight excluding hydrogens is 481 g/mol. The van der Waals surface area contributed by atoms with Gasteiger partial charge in [0.1, 0.15) is 24.2 Å². The van der Waals surface area contributed by atoms with Crippen LogP contribution in [0.3, 0.4) is 0 Å². The normalized spacial score (nSPS) is 14.1. The Kier molecular flexibility index (Phi) is 7.01. The second-order valence-electron chi connectivity index (χ2n) is 9.65. The summed E-state index contributed by atoms with van der Waals surface area (Å²) in [6, 6.07) is 24.5. The molecule has 7 heteroatoms. The molecule has 4 aromatic rings. The molecule has 5 rings (SSSR count). The average molecular weight is 512 g/mol. The summed E-state index contributed by atoms with van der Waals surface area (Å²) >= 11 is 0. The molecule has 2 amide bonds. The number of rotatable bonds is 7. The molecule has 1 aliphatic heterocycles. The molecule has 1 aromatic heterocycles. The third-order valence-electron chi connectivity index (χ3n) is 6.94. The van der Waals surface area contributed by atoms with E-state index in [0.29, 0.717) is 0 Å². The van der Waals surface area contributed by atoms with Crippen LogP contribution in [0.2, 0.25) is 0 Å². The van der Waals surface area contributed by atoms with Crippen molar-refractivity contribution >= 4 is 17.5 Å². The molecule has 0 radical (unpaired) electrons. The van der Waals surface area contributed by atoms with Gasteiger partial charge in [-0.2, -0.15) is 0 Å². The maximum Gasteiger partial charge on any atom is 0.247 e. The molecule has 0 fully saturated rings. The highest BCUT2D eigenvalue weighted by atomic mass is 19.1. The van der Waals surface area contributed by atoms with Crippen LogP contribution in [0.4, 0.5) is 10.1 Å². The first-order valence-electron chi connectivity index (χ1n) is 12.6. The van der Waals surface area contributed by atoms with Crippen molar-refractivity contribution in [2.45, 2.75) is 32.4 Å². The average Bonchev–Trinajstić information content (AvgIpc) is 3.41. The van der Waals surface area contributed by atoms with E-state index >= 15 is 0 Å². The molecule has 2 heterocycles. The van der Waals surface area contributed by atoms with Crippen molar-refractivity contribution in [2.75, 3.05) is 18.6 Å². The van der Waals surface area contributed by atoms with E-state index in [1.807, 2.05) is 80.7 Å². The number of carbonyl (C=O) groups excluding carboxylic acids is 2.